The van der Waals surface area contributed by atoms with Crippen LogP contribution in [0, 0.1) is 0 Å². The van der Waals surface area contributed by atoms with Crippen LogP contribution in [0.4, 0.5) is 5.69 Å². The second-order valence-corrected chi connectivity index (χ2v) is 4.44. The third kappa shape index (κ3) is 2.26. The Kier molecular flexibility index (Phi) is 3.44. The Balaban J connectivity index is 2.44. The number of carbonyl (C=O) groups excluding carboxylic acids is 1. The van der Waals surface area contributed by atoms with Crippen molar-refractivity contribution in [1.29, 1.82) is 0 Å². The van der Waals surface area contributed by atoms with Crippen LogP contribution in [0.5, 0.6) is 5.75 Å². The quantitative estimate of drug-likeness (QED) is 0.843. The minimum atomic E-state index is -0.971. The summed E-state index contributed by atoms with van der Waals surface area (Å²) in [6.45, 7) is 1.68. The van der Waals surface area contributed by atoms with Crippen LogP contribution < -0.4 is 15.0 Å². The number of amides is 1. The molecule has 0 aliphatic carbocycles. The molecular weight excluding hydrogens is 248 g/mol. The van der Waals surface area contributed by atoms with Crippen LogP contribution in [0.3, 0.4) is 0 Å². The summed E-state index contributed by atoms with van der Waals surface area (Å²) in [6.07, 6.45) is -0.525. The van der Waals surface area contributed by atoms with Crippen LogP contribution >= 0.6 is 0 Å². The van der Waals surface area contributed by atoms with Gasteiger partial charge in [-0.15, -0.1) is 0 Å². The van der Waals surface area contributed by atoms with E-state index < -0.39 is 18.1 Å². The van der Waals surface area contributed by atoms with Crippen molar-refractivity contribution in [2.24, 2.45) is 0 Å². The molecule has 1 heterocycles. The number of anilines is 1. The van der Waals surface area contributed by atoms with E-state index in [2.05, 4.69) is 5.32 Å². The predicted molar refractivity (Wildman–Crippen MR) is 69.4 cm³/mol. The van der Waals surface area contributed by atoms with Crippen LogP contribution in [0.2, 0.25) is 0 Å². The Morgan fingerprint density at radius 3 is 2.79 bits per heavy atom. The normalized spacial score (nSPS) is 19.6. The van der Waals surface area contributed by atoms with Crippen molar-refractivity contribution >= 4 is 17.6 Å². The lowest BCUT2D eigenvalue weighted by Crippen LogP contribution is -2.42. The van der Waals surface area contributed by atoms with E-state index in [0.717, 1.165) is 0 Å². The fraction of sp³-hybridized carbons (Fsp3) is 0.385. The van der Waals surface area contributed by atoms with Crippen molar-refractivity contribution < 1.29 is 19.4 Å². The first-order valence-electron chi connectivity index (χ1n) is 5.94. The van der Waals surface area contributed by atoms with Crippen LogP contribution in [0.1, 0.15) is 18.5 Å². The fourth-order valence-electron chi connectivity index (χ4n) is 2.14. The second kappa shape index (κ2) is 4.89. The van der Waals surface area contributed by atoms with Gasteiger partial charge < -0.3 is 20.1 Å². The molecule has 1 aliphatic heterocycles. The second-order valence-electron chi connectivity index (χ2n) is 4.44. The average Bonchev–Trinajstić information content (AvgIpc) is 2.37. The highest BCUT2D eigenvalue weighted by atomic mass is 16.5. The van der Waals surface area contributed by atoms with Crippen molar-refractivity contribution in [1.82, 2.24) is 5.32 Å². The topological polar surface area (TPSA) is 78.9 Å². The molecule has 6 nitrogen and oxygen atoms in total. The summed E-state index contributed by atoms with van der Waals surface area (Å²) in [7, 11) is 3.23. The lowest BCUT2D eigenvalue weighted by atomic mass is 10.0. The molecule has 0 aromatic heterocycles. The fourth-order valence-corrected chi connectivity index (χ4v) is 2.14. The number of hydrogen-bond acceptors (Lipinski definition) is 4. The molecule has 0 bridgehead atoms. The number of aliphatic carboxylic acids is 1. The standard InChI is InChI=1S/C13H16N2O4/c1-7-12(16)15(3)9-6-8(4-5-10(9)19-7)11(14-2)13(17)18/h4-7,11,14H,1-3H3,(H,17,18). The van der Waals surface area contributed by atoms with Gasteiger partial charge >= 0.3 is 5.97 Å². The van der Waals surface area contributed by atoms with Crippen molar-refractivity contribution in [3.8, 4) is 5.75 Å². The SMILES string of the molecule is CNC(C(=O)O)c1ccc2c(c1)N(C)C(=O)C(C)O2. The lowest BCUT2D eigenvalue weighted by Gasteiger charge is -2.31. The predicted octanol–water partition coefficient (Wildman–Crippen LogP) is 0.775. The molecule has 0 saturated carbocycles. The van der Waals surface area contributed by atoms with Gasteiger partial charge in [0.15, 0.2) is 6.10 Å². The number of nitrogens with zero attached hydrogens (tertiary/aromatic N) is 1. The summed E-state index contributed by atoms with van der Waals surface area (Å²) in [5, 5.41) is 11.8. The Morgan fingerprint density at radius 2 is 2.21 bits per heavy atom. The van der Waals surface area contributed by atoms with E-state index in [9.17, 15) is 9.59 Å². The highest BCUT2D eigenvalue weighted by molar-refractivity contribution is 5.99. The zero-order valence-corrected chi connectivity index (χ0v) is 11.0. The maximum absolute atomic E-state index is 11.8. The Hall–Kier alpha value is -2.08. The summed E-state index contributed by atoms with van der Waals surface area (Å²) < 4.78 is 5.48. The van der Waals surface area contributed by atoms with Crippen LogP contribution in [0.15, 0.2) is 18.2 Å². The molecule has 2 N–H and O–H groups in total. The van der Waals surface area contributed by atoms with Crippen molar-refractivity contribution in [2.45, 2.75) is 19.1 Å². The summed E-state index contributed by atoms with van der Waals surface area (Å²) in [6, 6.07) is 4.23. The largest absolute Gasteiger partial charge is 0.480 e. The number of fused-ring (bicyclic) bond motifs is 1. The number of likely N-dealkylation sites (N-methyl/N-ethyl adjacent to an activating group) is 2. The number of hydrogen-bond donors (Lipinski definition) is 2. The molecule has 2 unspecified atom stereocenters. The van der Waals surface area contributed by atoms with E-state index >= 15 is 0 Å². The first kappa shape index (κ1) is 13.4. The zero-order chi connectivity index (χ0) is 14.2. The number of ether oxygens (including phenoxy) is 1. The minimum absolute atomic E-state index is 0.152. The van der Waals surface area contributed by atoms with E-state index in [1.807, 2.05) is 0 Å². The maximum Gasteiger partial charge on any atom is 0.325 e. The molecule has 19 heavy (non-hydrogen) atoms. The smallest absolute Gasteiger partial charge is 0.325 e. The van der Waals surface area contributed by atoms with Gasteiger partial charge in [0.2, 0.25) is 0 Å². The number of nitrogens with one attached hydrogen (secondary N) is 1. The molecule has 0 spiro atoms. The van der Waals surface area contributed by atoms with E-state index in [1.54, 1.807) is 39.2 Å². The lowest BCUT2D eigenvalue weighted by molar-refractivity contribution is -0.139. The molecule has 102 valence electrons. The number of carboxylic acid groups (broad SMARTS) is 1. The third-order valence-corrected chi connectivity index (χ3v) is 3.20. The van der Waals surface area contributed by atoms with Crippen molar-refractivity contribution in [3.63, 3.8) is 0 Å². The molecule has 0 fully saturated rings. The summed E-state index contributed by atoms with van der Waals surface area (Å²) in [5.41, 5.74) is 1.16. The molecule has 6 heteroatoms. The maximum atomic E-state index is 11.8. The molecule has 1 aromatic rings. The molecule has 0 radical (unpaired) electrons. The van der Waals surface area contributed by atoms with Gasteiger partial charge in [0, 0.05) is 7.05 Å². The van der Waals surface area contributed by atoms with Crippen molar-refractivity contribution in [3.05, 3.63) is 23.8 Å². The van der Waals surface area contributed by atoms with Crippen molar-refractivity contribution in [2.75, 3.05) is 19.0 Å². The average molecular weight is 264 g/mol. The summed E-state index contributed by atoms with van der Waals surface area (Å²) in [4.78, 5) is 24.5. The van der Waals surface area contributed by atoms with Gasteiger partial charge in [0.1, 0.15) is 11.8 Å². The van der Waals surface area contributed by atoms with Gasteiger partial charge in [0.05, 0.1) is 5.69 Å². The monoisotopic (exact) mass is 264 g/mol. The van der Waals surface area contributed by atoms with E-state index in [4.69, 9.17) is 9.84 Å². The van der Waals surface area contributed by atoms with Crippen LogP contribution in [-0.4, -0.2) is 37.2 Å². The van der Waals surface area contributed by atoms with E-state index in [1.165, 1.54) is 4.90 Å². The number of carbonyl (C=O) groups is 2. The third-order valence-electron chi connectivity index (χ3n) is 3.20. The molecule has 1 aromatic carbocycles. The zero-order valence-electron chi connectivity index (χ0n) is 11.0. The molecular formula is C13H16N2O4. The summed E-state index contributed by atoms with van der Waals surface area (Å²) >= 11 is 0. The number of benzene rings is 1. The van der Waals surface area contributed by atoms with Gasteiger partial charge in [-0.3, -0.25) is 9.59 Å². The van der Waals surface area contributed by atoms with Gasteiger partial charge in [-0.1, -0.05) is 6.07 Å². The number of carboxylic acids is 1. The van der Waals surface area contributed by atoms with Gasteiger partial charge in [-0.05, 0) is 31.7 Å². The van der Waals surface area contributed by atoms with Crippen LogP contribution in [-0.2, 0) is 9.59 Å². The van der Waals surface area contributed by atoms with Gasteiger partial charge in [0.25, 0.3) is 5.91 Å². The van der Waals surface area contributed by atoms with E-state index in [0.29, 0.717) is 17.0 Å². The molecule has 1 amide bonds. The van der Waals surface area contributed by atoms with Gasteiger partial charge in [-0.2, -0.15) is 0 Å². The first-order valence-corrected chi connectivity index (χ1v) is 5.94. The minimum Gasteiger partial charge on any atom is -0.480 e. The van der Waals surface area contributed by atoms with Gasteiger partial charge in [-0.25, -0.2) is 0 Å². The Bertz CT molecular complexity index is 529. The Morgan fingerprint density at radius 1 is 1.53 bits per heavy atom. The highest BCUT2D eigenvalue weighted by Crippen LogP contribution is 2.35. The highest BCUT2D eigenvalue weighted by Gasteiger charge is 2.30. The first-order chi connectivity index (χ1) is 8.95. The number of rotatable bonds is 3. The molecule has 2 rings (SSSR count). The van der Waals surface area contributed by atoms with E-state index in [-0.39, 0.29) is 5.91 Å². The molecule has 1 aliphatic rings. The molecule has 0 saturated heterocycles. The summed E-state index contributed by atoms with van der Waals surface area (Å²) in [5.74, 6) is -0.541. The Labute approximate surface area is 111 Å². The molecule has 2 atom stereocenters. The van der Waals surface area contributed by atoms with Crippen LogP contribution in [0.25, 0.3) is 0 Å².